The topological polar surface area (TPSA) is 44.8 Å². The summed E-state index contributed by atoms with van der Waals surface area (Å²) in [5.74, 6) is 0.999. The lowest BCUT2D eigenvalue weighted by atomic mass is 10.1. The van der Waals surface area contributed by atoms with E-state index < -0.39 is 6.10 Å². The maximum atomic E-state index is 11.6. The van der Waals surface area contributed by atoms with Crippen molar-refractivity contribution in [3.8, 4) is 11.5 Å². The van der Waals surface area contributed by atoms with Gasteiger partial charge in [-0.1, -0.05) is 12.1 Å². The molecule has 0 amide bonds. The SMILES string of the molecule is CCOC(=O)C1COc2c(C)ccc(C)c2O1. The van der Waals surface area contributed by atoms with Gasteiger partial charge in [-0.2, -0.15) is 0 Å². The molecule has 1 atom stereocenters. The van der Waals surface area contributed by atoms with Gasteiger partial charge in [0.25, 0.3) is 0 Å². The van der Waals surface area contributed by atoms with Crippen LogP contribution in [0.5, 0.6) is 11.5 Å². The molecule has 2 rings (SSSR count). The summed E-state index contributed by atoms with van der Waals surface area (Å²) in [6.45, 7) is 6.20. The molecule has 0 bridgehead atoms. The molecule has 0 aliphatic carbocycles. The third-order valence-corrected chi connectivity index (χ3v) is 2.69. The number of esters is 1. The predicted molar refractivity (Wildman–Crippen MR) is 62.5 cm³/mol. The van der Waals surface area contributed by atoms with Gasteiger partial charge in [0.1, 0.15) is 6.61 Å². The summed E-state index contributed by atoms with van der Waals surface area (Å²) in [5, 5.41) is 0. The van der Waals surface area contributed by atoms with Crippen LogP contribution >= 0.6 is 0 Å². The second kappa shape index (κ2) is 4.65. The van der Waals surface area contributed by atoms with E-state index >= 15 is 0 Å². The summed E-state index contributed by atoms with van der Waals surface area (Å²) in [5.41, 5.74) is 1.97. The number of hydrogen-bond donors (Lipinski definition) is 0. The average Bonchev–Trinajstić information content (AvgIpc) is 2.34. The lowest BCUT2D eigenvalue weighted by Gasteiger charge is -2.27. The molecule has 1 aliphatic rings. The lowest BCUT2D eigenvalue weighted by Crippen LogP contribution is -2.38. The number of ether oxygens (including phenoxy) is 3. The Morgan fingerprint density at radius 2 is 2.00 bits per heavy atom. The van der Waals surface area contributed by atoms with Crippen molar-refractivity contribution in [3.63, 3.8) is 0 Å². The van der Waals surface area contributed by atoms with Crippen molar-refractivity contribution in [1.82, 2.24) is 0 Å². The summed E-state index contributed by atoms with van der Waals surface area (Å²) in [7, 11) is 0. The Morgan fingerprint density at radius 3 is 2.65 bits per heavy atom. The molecule has 0 saturated carbocycles. The van der Waals surface area contributed by atoms with E-state index in [1.165, 1.54) is 0 Å². The Bertz CT molecular complexity index is 439. The first kappa shape index (κ1) is 11.8. The van der Waals surface area contributed by atoms with E-state index in [9.17, 15) is 4.79 Å². The van der Waals surface area contributed by atoms with Gasteiger partial charge in [-0.05, 0) is 31.9 Å². The van der Waals surface area contributed by atoms with Gasteiger partial charge in [0.05, 0.1) is 6.61 Å². The monoisotopic (exact) mass is 236 g/mol. The minimum Gasteiger partial charge on any atom is -0.485 e. The molecule has 1 aromatic carbocycles. The molecule has 0 N–H and O–H groups in total. The second-order valence-electron chi connectivity index (χ2n) is 4.03. The molecule has 1 aromatic rings. The first-order valence-corrected chi connectivity index (χ1v) is 5.69. The molecule has 4 nitrogen and oxygen atoms in total. The maximum absolute atomic E-state index is 11.6. The summed E-state index contributed by atoms with van der Waals surface area (Å²) in [6, 6.07) is 3.92. The fourth-order valence-corrected chi connectivity index (χ4v) is 1.77. The number of carbonyl (C=O) groups is 1. The van der Waals surface area contributed by atoms with E-state index in [4.69, 9.17) is 14.2 Å². The zero-order valence-corrected chi connectivity index (χ0v) is 10.3. The van der Waals surface area contributed by atoms with Gasteiger partial charge in [0.15, 0.2) is 11.5 Å². The highest BCUT2D eigenvalue weighted by Gasteiger charge is 2.30. The van der Waals surface area contributed by atoms with Gasteiger partial charge in [-0.3, -0.25) is 0 Å². The van der Waals surface area contributed by atoms with Crippen LogP contribution in [0.3, 0.4) is 0 Å². The van der Waals surface area contributed by atoms with Crippen molar-refractivity contribution >= 4 is 5.97 Å². The first-order chi connectivity index (χ1) is 8.13. The van der Waals surface area contributed by atoms with E-state index in [1.54, 1.807) is 6.92 Å². The van der Waals surface area contributed by atoms with E-state index in [-0.39, 0.29) is 12.6 Å². The first-order valence-electron chi connectivity index (χ1n) is 5.69. The fraction of sp³-hybridized carbons (Fsp3) is 0.462. The minimum absolute atomic E-state index is 0.204. The highest BCUT2D eigenvalue weighted by molar-refractivity contribution is 5.76. The number of rotatable bonds is 2. The highest BCUT2D eigenvalue weighted by atomic mass is 16.6. The van der Waals surface area contributed by atoms with Crippen LogP contribution in [-0.4, -0.2) is 25.3 Å². The fourth-order valence-electron chi connectivity index (χ4n) is 1.77. The van der Waals surface area contributed by atoms with Crippen LogP contribution in [0.15, 0.2) is 12.1 Å². The van der Waals surface area contributed by atoms with Gasteiger partial charge in [-0.15, -0.1) is 0 Å². The molecule has 1 aliphatic heterocycles. The Morgan fingerprint density at radius 1 is 1.35 bits per heavy atom. The van der Waals surface area contributed by atoms with Crippen molar-refractivity contribution in [3.05, 3.63) is 23.3 Å². The van der Waals surface area contributed by atoms with Crippen molar-refractivity contribution in [2.75, 3.05) is 13.2 Å². The van der Waals surface area contributed by atoms with Gasteiger partial charge in [-0.25, -0.2) is 4.79 Å². The molecule has 4 heteroatoms. The molecular formula is C13H16O4. The minimum atomic E-state index is -0.664. The van der Waals surface area contributed by atoms with Crippen LogP contribution < -0.4 is 9.47 Å². The molecule has 0 saturated heterocycles. The maximum Gasteiger partial charge on any atom is 0.350 e. The normalized spacial score (nSPS) is 17.7. The number of carbonyl (C=O) groups excluding carboxylic acids is 1. The zero-order valence-electron chi connectivity index (χ0n) is 10.3. The third-order valence-electron chi connectivity index (χ3n) is 2.69. The molecule has 0 fully saturated rings. The van der Waals surface area contributed by atoms with Crippen molar-refractivity contribution < 1.29 is 19.0 Å². The van der Waals surface area contributed by atoms with E-state index in [2.05, 4.69) is 0 Å². The van der Waals surface area contributed by atoms with E-state index in [1.807, 2.05) is 26.0 Å². The average molecular weight is 236 g/mol. The second-order valence-corrected chi connectivity index (χ2v) is 4.03. The summed E-state index contributed by atoms with van der Waals surface area (Å²) in [4.78, 5) is 11.6. The van der Waals surface area contributed by atoms with Crippen LogP contribution in [-0.2, 0) is 9.53 Å². The number of aryl methyl sites for hydroxylation is 2. The standard InChI is InChI=1S/C13H16O4/c1-4-15-13(14)10-7-16-11-8(2)5-6-9(3)12(11)17-10/h5-6,10H,4,7H2,1-3H3. The smallest absolute Gasteiger partial charge is 0.350 e. The molecule has 1 unspecified atom stereocenters. The summed E-state index contributed by atoms with van der Waals surface area (Å²) in [6.07, 6.45) is -0.664. The highest BCUT2D eigenvalue weighted by Crippen LogP contribution is 2.37. The summed E-state index contributed by atoms with van der Waals surface area (Å²) >= 11 is 0. The van der Waals surface area contributed by atoms with Crippen LogP contribution in [0.25, 0.3) is 0 Å². The Balaban J connectivity index is 2.24. The van der Waals surface area contributed by atoms with Gasteiger partial charge < -0.3 is 14.2 Å². The van der Waals surface area contributed by atoms with Crippen LogP contribution in [0.1, 0.15) is 18.1 Å². The largest absolute Gasteiger partial charge is 0.485 e. The van der Waals surface area contributed by atoms with Crippen molar-refractivity contribution in [1.29, 1.82) is 0 Å². The van der Waals surface area contributed by atoms with Crippen molar-refractivity contribution in [2.45, 2.75) is 26.9 Å². The van der Waals surface area contributed by atoms with Crippen molar-refractivity contribution in [2.24, 2.45) is 0 Å². The molecule has 17 heavy (non-hydrogen) atoms. The number of hydrogen-bond acceptors (Lipinski definition) is 4. The molecule has 0 radical (unpaired) electrons. The predicted octanol–water partition coefficient (Wildman–Crippen LogP) is 2.01. The Labute approximate surface area is 100 Å². The zero-order chi connectivity index (χ0) is 12.4. The Hall–Kier alpha value is -1.71. The lowest BCUT2D eigenvalue weighted by molar-refractivity contribution is -0.154. The molecule has 1 heterocycles. The Kier molecular flexibility index (Phi) is 3.22. The third kappa shape index (κ3) is 2.20. The molecular weight excluding hydrogens is 220 g/mol. The van der Waals surface area contributed by atoms with Crippen LogP contribution in [0.2, 0.25) is 0 Å². The van der Waals surface area contributed by atoms with Gasteiger partial charge in [0.2, 0.25) is 6.10 Å². The summed E-state index contributed by atoms with van der Waals surface area (Å²) < 4.78 is 16.2. The van der Waals surface area contributed by atoms with Gasteiger partial charge in [0, 0.05) is 0 Å². The van der Waals surface area contributed by atoms with E-state index in [0.29, 0.717) is 12.4 Å². The quantitative estimate of drug-likeness (QED) is 0.737. The number of fused-ring (bicyclic) bond motifs is 1. The molecule has 0 spiro atoms. The van der Waals surface area contributed by atoms with Crippen LogP contribution in [0, 0.1) is 13.8 Å². The molecule has 92 valence electrons. The molecule has 0 aromatic heterocycles. The number of benzene rings is 1. The van der Waals surface area contributed by atoms with E-state index in [0.717, 1.165) is 16.9 Å². The van der Waals surface area contributed by atoms with Crippen LogP contribution in [0.4, 0.5) is 0 Å². The van der Waals surface area contributed by atoms with Gasteiger partial charge >= 0.3 is 5.97 Å².